The Morgan fingerprint density at radius 2 is 2.32 bits per heavy atom. The van der Waals surface area contributed by atoms with Crippen molar-refractivity contribution in [1.82, 2.24) is 14.9 Å². The second-order valence-electron chi connectivity index (χ2n) is 6.11. The Bertz CT molecular complexity index is 851. The number of carbonyl (C=O) groups excluding carboxylic acids is 1. The van der Waals surface area contributed by atoms with Crippen molar-refractivity contribution in [3.8, 4) is 5.75 Å². The molecule has 1 atom stereocenters. The van der Waals surface area contributed by atoms with Crippen molar-refractivity contribution in [1.29, 1.82) is 0 Å². The van der Waals surface area contributed by atoms with E-state index in [0.717, 1.165) is 0 Å². The van der Waals surface area contributed by atoms with Crippen molar-refractivity contribution in [3.05, 3.63) is 35.0 Å². The van der Waals surface area contributed by atoms with Crippen LogP contribution in [-0.4, -0.2) is 72.4 Å². The first-order chi connectivity index (χ1) is 13.5. The standard InChI is InChI=1S/C18H22ClN5O4/c1-20-16-13(19)8-21-18(23-16)22-14-4-3-11(7-15(14)27-2)17(26)24-5-6-28-12(9-24)10-25/h3-4,7-8,12,25H,5-6,9-10H2,1-2H3,(H2,20,21,22,23). The van der Waals surface area contributed by atoms with Crippen LogP contribution in [0.5, 0.6) is 5.75 Å². The number of benzene rings is 1. The molecule has 1 aliphatic heterocycles. The molecule has 1 aromatic carbocycles. The van der Waals surface area contributed by atoms with Gasteiger partial charge in [-0.25, -0.2) is 4.98 Å². The van der Waals surface area contributed by atoms with Gasteiger partial charge in [-0.2, -0.15) is 4.98 Å². The maximum atomic E-state index is 12.8. The van der Waals surface area contributed by atoms with E-state index >= 15 is 0 Å². The Balaban J connectivity index is 1.79. The molecule has 1 aromatic heterocycles. The number of carbonyl (C=O) groups is 1. The first-order valence-electron chi connectivity index (χ1n) is 8.72. The fraction of sp³-hybridized carbons (Fsp3) is 0.389. The van der Waals surface area contributed by atoms with Crippen molar-refractivity contribution in [2.24, 2.45) is 0 Å². The second kappa shape index (κ2) is 9.05. The average Bonchev–Trinajstić information content (AvgIpc) is 2.74. The van der Waals surface area contributed by atoms with Crippen LogP contribution in [0.15, 0.2) is 24.4 Å². The van der Waals surface area contributed by atoms with Gasteiger partial charge in [0.05, 0.1) is 38.3 Å². The predicted molar refractivity (Wildman–Crippen MR) is 106 cm³/mol. The monoisotopic (exact) mass is 407 g/mol. The SMILES string of the molecule is CNc1nc(Nc2ccc(C(=O)N3CCOC(CO)C3)cc2OC)ncc1Cl. The fourth-order valence-corrected chi connectivity index (χ4v) is 3.03. The summed E-state index contributed by atoms with van der Waals surface area (Å²) in [4.78, 5) is 22.9. The molecule has 0 aliphatic carbocycles. The molecule has 1 amide bonds. The molecule has 1 aliphatic rings. The van der Waals surface area contributed by atoms with Crippen molar-refractivity contribution in [3.63, 3.8) is 0 Å². The number of hydrogen-bond acceptors (Lipinski definition) is 8. The Morgan fingerprint density at radius 3 is 3.04 bits per heavy atom. The smallest absolute Gasteiger partial charge is 0.254 e. The first-order valence-corrected chi connectivity index (χ1v) is 9.10. The van der Waals surface area contributed by atoms with Gasteiger partial charge in [0.25, 0.3) is 5.91 Å². The molecule has 2 heterocycles. The molecular weight excluding hydrogens is 386 g/mol. The highest BCUT2D eigenvalue weighted by Crippen LogP contribution is 2.29. The summed E-state index contributed by atoms with van der Waals surface area (Å²) in [6.45, 7) is 1.10. The molecule has 0 radical (unpaired) electrons. The minimum absolute atomic E-state index is 0.119. The van der Waals surface area contributed by atoms with Crippen molar-refractivity contribution in [2.75, 3.05) is 51.1 Å². The van der Waals surface area contributed by atoms with Crippen LogP contribution in [0.3, 0.4) is 0 Å². The van der Waals surface area contributed by atoms with Crippen molar-refractivity contribution in [2.45, 2.75) is 6.10 Å². The Kier molecular flexibility index (Phi) is 6.50. The Labute approximate surface area is 167 Å². The van der Waals surface area contributed by atoms with Gasteiger partial charge in [0.2, 0.25) is 5.95 Å². The number of nitrogens with zero attached hydrogens (tertiary/aromatic N) is 3. The number of methoxy groups -OCH3 is 1. The van der Waals surface area contributed by atoms with Gasteiger partial charge in [-0.15, -0.1) is 0 Å². The second-order valence-corrected chi connectivity index (χ2v) is 6.51. The number of morpholine rings is 1. The zero-order valence-electron chi connectivity index (χ0n) is 15.6. The third-order valence-corrected chi connectivity index (χ3v) is 4.58. The lowest BCUT2D eigenvalue weighted by Crippen LogP contribution is -2.46. The van der Waals surface area contributed by atoms with Gasteiger partial charge in [-0.1, -0.05) is 11.6 Å². The van der Waals surface area contributed by atoms with Crippen LogP contribution in [-0.2, 0) is 4.74 Å². The Hall–Kier alpha value is -2.62. The molecule has 3 rings (SSSR count). The molecule has 3 N–H and O–H groups in total. The molecule has 0 spiro atoms. The first kappa shape index (κ1) is 20.1. The minimum atomic E-state index is -0.357. The summed E-state index contributed by atoms with van der Waals surface area (Å²) in [6.07, 6.45) is 1.13. The maximum absolute atomic E-state index is 12.8. The number of aliphatic hydroxyl groups is 1. The van der Waals surface area contributed by atoms with Crippen LogP contribution in [0.2, 0.25) is 5.02 Å². The molecule has 1 saturated heterocycles. The largest absolute Gasteiger partial charge is 0.495 e. The molecular formula is C18H22ClN5O4. The zero-order valence-corrected chi connectivity index (χ0v) is 16.4. The van der Waals surface area contributed by atoms with Gasteiger partial charge >= 0.3 is 0 Å². The van der Waals surface area contributed by atoms with Crippen LogP contribution >= 0.6 is 11.6 Å². The molecule has 1 unspecified atom stereocenters. The number of halogens is 1. The number of amides is 1. The van der Waals surface area contributed by atoms with Crippen LogP contribution in [0, 0.1) is 0 Å². The van der Waals surface area contributed by atoms with E-state index in [2.05, 4.69) is 20.6 Å². The fourth-order valence-electron chi connectivity index (χ4n) is 2.85. The van der Waals surface area contributed by atoms with E-state index in [1.165, 1.54) is 13.3 Å². The minimum Gasteiger partial charge on any atom is -0.495 e. The average molecular weight is 408 g/mol. The van der Waals surface area contributed by atoms with Gasteiger partial charge in [-0.3, -0.25) is 4.79 Å². The summed E-state index contributed by atoms with van der Waals surface area (Å²) in [5.74, 6) is 1.16. The summed E-state index contributed by atoms with van der Waals surface area (Å²) >= 11 is 6.00. The zero-order chi connectivity index (χ0) is 20.1. The number of aromatic nitrogens is 2. The molecule has 0 bridgehead atoms. The van der Waals surface area contributed by atoms with E-state index in [1.807, 2.05) is 0 Å². The molecule has 1 fully saturated rings. The number of hydrogen-bond donors (Lipinski definition) is 3. The quantitative estimate of drug-likeness (QED) is 0.664. The molecule has 28 heavy (non-hydrogen) atoms. The molecule has 0 saturated carbocycles. The molecule has 9 nitrogen and oxygen atoms in total. The number of ether oxygens (including phenoxy) is 2. The number of aliphatic hydroxyl groups excluding tert-OH is 1. The summed E-state index contributed by atoms with van der Waals surface area (Å²) in [6, 6.07) is 5.08. The van der Waals surface area contributed by atoms with Gasteiger partial charge < -0.3 is 30.1 Å². The van der Waals surface area contributed by atoms with Crippen LogP contribution in [0.4, 0.5) is 17.5 Å². The van der Waals surface area contributed by atoms with E-state index in [9.17, 15) is 9.90 Å². The summed E-state index contributed by atoms with van der Waals surface area (Å²) < 4.78 is 10.8. The number of rotatable bonds is 6. The highest BCUT2D eigenvalue weighted by atomic mass is 35.5. The van der Waals surface area contributed by atoms with E-state index < -0.39 is 0 Å². The predicted octanol–water partition coefficient (Wildman–Crippen LogP) is 1.76. The highest BCUT2D eigenvalue weighted by molar-refractivity contribution is 6.32. The third kappa shape index (κ3) is 4.44. The van der Waals surface area contributed by atoms with E-state index in [1.54, 1.807) is 30.1 Å². The molecule has 10 heteroatoms. The van der Waals surface area contributed by atoms with Crippen LogP contribution in [0.25, 0.3) is 0 Å². The van der Waals surface area contributed by atoms with E-state index in [0.29, 0.717) is 53.5 Å². The van der Waals surface area contributed by atoms with Crippen molar-refractivity contribution >= 4 is 35.0 Å². The lowest BCUT2D eigenvalue weighted by atomic mass is 10.1. The van der Waals surface area contributed by atoms with Gasteiger partial charge in [0.15, 0.2) is 0 Å². The highest BCUT2D eigenvalue weighted by Gasteiger charge is 2.25. The summed E-state index contributed by atoms with van der Waals surface area (Å²) in [5, 5.41) is 15.6. The maximum Gasteiger partial charge on any atom is 0.254 e. The molecule has 2 aromatic rings. The van der Waals surface area contributed by atoms with Crippen molar-refractivity contribution < 1.29 is 19.4 Å². The summed E-state index contributed by atoms with van der Waals surface area (Å²) in [5.41, 5.74) is 1.09. The lowest BCUT2D eigenvalue weighted by molar-refractivity contribution is -0.0447. The third-order valence-electron chi connectivity index (χ3n) is 4.31. The number of anilines is 3. The molecule has 150 valence electrons. The van der Waals surface area contributed by atoms with Gasteiger partial charge in [0, 0.05) is 25.7 Å². The lowest BCUT2D eigenvalue weighted by Gasteiger charge is -2.32. The van der Waals surface area contributed by atoms with Gasteiger partial charge in [0.1, 0.15) is 16.6 Å². The van der Waals surface area contributed by atoms with E-state index in [-0.39, 0.29) is 18.6 Å². The van der Waals surface area contributed by atoms with Crippen LogP contribution in [0.1, 0.15) is 10.4 Å². The Morgan fingerprint density at radius 1 is 1.50 bits per heavy atom. The normalized spacial score (nSPS) is 16.6. The topological polar surface area (TPSA) is 109 Å². The van der Waals surface area contributed by atoms with Crippen LogP contribution < -0.4 is 15.4 Å². The summed E-state index contributed by atoms with van der Waals surface area (Å²) in [7, 11) is 3.24. The van der Waals surface area contributed by atoms with E-state index in [4.69, 9.17) is 21.1 Å². The van der Waals surface area contributed by atoms with Gasteiger partial charge in [-0.05, 0) is 18.2 Å². The number of nitrogens with one attached hydrogen (secondary N) is 2.